The maximum Gasteiger partial charge on any atom is 0.253 e. The number of hydrogen-bond donors (Lipinski definition) is 2. The molecule has 4 heteroatoms. The van der Waals surface area contributed by atoms with Crippen molar-refractivity contribution in [3.8, 4) is 0 Å². The minimum atomic E-state index is -0.0396. The summed E-state index contributed by atoms with van der Waals surface area (Å²) >= 11 is 0. The van der Waals surface area contributed by atoms with Gasteiger partial charge in [0.1, 0.15) is 0 Å². The molecule has 1 unspecified atom stereocenters. The van der Waals surface area contributed by atoms with E-state index >= 15 is 0 Å². The second kappa shape index (κ2) is 7.97. The molecule has 0 saturated heterocycles. The number of rotatable bonds is 7. The number of carbonyl (C=O) groups is 1. The SMILES string of the molecule is Cc1cc(C(=O)NCC(C)CCO)c(C)n1Cc1ccccc1. The predicted molar refractivity (Wildman–Crippen MR) is 92.7 cm³/mol. The highest BCUT2D eigenvalue weighted by atomic mass is 16.3. The average molecular weight is 314 g/mol. The lowest BCUT2D eigenvalue weighted by atomic mass is 10.1. The molecule has 2 N–H and O–H groups in total. The molecule has 0 radical (unpaired) electrons. The Labute approximate surface area is 138 Å². The van der Waals surface area contributed by atoms with Crippen LogP contribution < -0.4 is 5.32 Å². The van der Waals surface area contributed by atoms with Gasteiger partial charge in [-0.3, -0.25) is 4.79 Å². The number of amides is 1. The van der Waals surface area contributed by atoms with Gasteiger partial charge in [-0.2, -0.15) is 0 Å². The topological polar surface area (TPSA) is 54.3 Å². The number of nitrogens with one attached hydrogen (secondary N) is 1. The van der Waals surface area contributed by atoms with Gasteiger partial charge in [-0.1, -0.05) is 37.3 Å². The lowest BCUT2D eigenvalue weighted by Crippen LogP contribution is -2.29. The molecule has 2 rings (SSSR count). The summed E-state index contributed by atoms with van der Waals surface area (Å²) in [5, 5.41) is 11.9. The molecule has 0 fully saturated rings. The van der Waals surface area contributed by atoms with Crippen molar-refractivity contribution in [3.63, 3.8) is 0 Å². The Morgan fingerprint density at radius 3 is 2.61 bits per heavy atom. The van der Waals surface area contributed by atoms with E-state index in [-0.39, 0.29) is 18.4 Å². The standard InChI is InChI=1S/C19H26N2O2/c1-14(9-10-22)12-20-19(23)18-11-15(2)21(16(18)3)13-17-7-5-4-6-8-17/h4-8,11,14,22H,9-10,12-13H2,1-3H3,(H,20,23). The van der Waals surface area contributed by atoms with Crippen LogP contribution in [0.25, 0.3) is 0 Å². The summed E-state index contributed by atoms with van der Waals surface area (Å²) in [6.45, 7) is 7.55. The maximum atomic E-state index is 12.4. The minimum Gasteiger partial charge on any atom is -0.396 e. The monoisotopic (exact) mass is 314 g/mol. The molecule has 1 atom stereocenters. The van der Waals surface area contributed by atoms with Gasteiger partial charge in [0, 0.05) is 31.1 Å². The Balaban J connectivity index is 2.09. The predicted octanol–water partition coefficient (Wildman–Crippen LogP) is 2.90. The fraction of sp³-hybridized carbons (Fsp3) is 0.421. The van der Waals surface area contributed by atoms with Crippen molar-refractivity contribution in [3.05, 3.63) is 58.9 Å². The van der Waals surface area contributed by atoms with Gasteiger partial charge in [0.15, 0.2) is 0 Å². The molecule has 0 aliphatic heterocycles. The van der Waals surface area contributed by atoms with E-state index in [4.69, 9.17) is 5.11 Å². The molecule has 0 aliphatic carbocycles. The normalized spacial score (nSPS) is 12.2. The zero-order valence-corrected chi connectivity index (χ0v) is 14.2. The molecule has 0 aliphatic rings. The molecule has 1 heterocycles. The third kappa shape index (κ3) is 4.45. The van der Waals surface area contributed by atoms with Gasteiger partial charge in [0.2, 0.25) is 0 Å². The van der Waals surface area contributed by atoms with E-state index in [0.717, 1.165) is 23.5 Å². The van der Waals surface area contributed by atoms with Gasteiger partial charge in [-0.25, -0.2) is 0 Å². The molecular weight excluding hydrogens is 288 g/mol. The van der Waals surface area contributed by atoms with Crippen LogP contribution in [-0.4, -0.2) is 28.7 Å². The van der Waals surface area contributed by atoms with Gasteiger partial charge >= 0.3 is 0 Å². The number of nitrogens with zero attached hydrogens (tertiary/aromatic N) is 1. The Morgan fingerprint density at radius 1 is 1.26 bits per heavy atom. The first kappa shape index (κ1) is 17.3. The smallest absolute Gasteiger partial charge is 0.253 e. The van der Waals surface area contributed by atoms with Crippen molar-refractivity contribution >= 4 is 5.91 Å². The summed E-state index contributed by atoms with van der Waals surface area (Å²) in [5.74, 6) is 0.235. The number of benzene rings is 1. The van der Waals surface area contributed by atoms with E-state index in [9.17, 15) is 4.79 Å². The van der Waals surface area contributed by atoms with E-state index in [0.29, 0.717) is 13.0 Å². The lowest BCUT2D eigenvalue weighted by molar-refractivity contribution is 0.0944. The zero-order chi connectivity index (χ0) is 16.8. The molecule has 4 nitrogen and oxygen atoms in total. The van der Waals surface area contributed by atoms with Crippen LogP contribution in [-0.2, 0) is 6.54 Å². The fourth-order valence-corrected chi connectivity index (χ4v) is 2.72. The molecule has 0 bridgehead atoms. The van der Waals surface area contributed by atoms with Crippen LogP contribution in [0.4, 0.5) is 0 Å². The summed E-state index contributed by atoms with van der Waals surface area (Å²) in [6, 6.07) is 12.2. The van der Waals surface area contributed by atoms with Crippen LogP contribution in [0, 0.1) is 19.8 Å². The third-order valence-corrected chi connectivity index (χ3v) is 4.23. The van der Waals surface area contributed by atoms with Gasteiger partial charge in [-0.15, -0.1) is 0 Å². The van der Waals surface area contributed by atoms with E-state index in [1.165, 1.54) is 5.56 Å². The first-order valence-electron chi connectivity index (χ1n) is 8.12. The van der Waals surface area contributed by atoms with Gasteiger partial charge in [0.25, 0.3) is 5.91 Å². The molecule has 1 amide bonds. The van der Waals surface area contributed by atoms with Gasteiger partial charge in [-0.05, 0) is 37.8 Å². The van der Waals surface area contributed by atoms with Crippen LogP contribution in [0.1, 0.15) is 40.7 Å². The summed E-state index contributed by atoms with van der Waals surface area (Å²) in [5.41, 5.74) is 4.02. The highest BCUT2D eigenvalue weighted by molar-refractivity contribution is 5.95. The lowest BCUT2D eigenvalue weighted by Gasteiger charge is -2.12. The molecule has 2 aromatic rings. The largest absolute Gasteiger partial charge is 0.396 e. The molecule has 124 valence electrons. The van der Waals surface area contributed by atoms with Crippen molar-refractivity contribution in [2.24, 2.45) is 5.92 Å². The molecule has 1 aromatic carbocycles. The van der Waals surface area contributed by atoms with Crippen molar-refractivity contribution in [1.82, 2.24) is 9.88 Å². The van der Waals surface area contributed by atoms with Gasteiger partial charge in [0.05, 0.1) is 5.56 Å². The number of carbonyl (C=O) groups excluding carboxylic acids is 1. The zero-order valence-electron chi connectivity index (χ0n) is 14.2. The number of aryl methyl sites for hydroxylation is 1. The maximum absolute atomic E-state index is 12.4. The number of aliphatic hydroxyl groups is 1. The Hall–Kier alpha value is -2.07. The second-order valence-electron chi connectivity index (χ2n) is 6.18. The minimum absolute atomic E-state index is 0.0396. The van der Waals surface area contributed by atoms with E-state index in [1.807, 2.05) is 45.0 Å². The van der Waals surface area contributed by atoms with E-state index in [2.05, 4.69) is 22.0 Å². The number of hydrogen-bond acceptors (Lipinski definition) is 2. The third-order valence-electron chi connectivity index (χ3n) is 4.23. The average Bonchev–Trinajstić information content (AvgIpc) is 2.82. The van der Waals surface area contributed by atoms with Crippen LogP contribution in [0.5, 0.6) is 0 Å². The molecule has 0 saturated carbocycles. The summed E-state index contributed by atoms with van der Waals surface area (Å²) in [7, 11) is 0. The molecular formula is C19H26N2O2. The first-order valence-corrected chi connectivity index (χ1v) is 8.12. The highest BCUT2D eigenvalue weighted by Gasteiger charge is 2.16. The molecule has 23 heavy (non-hydrogen) atoms. The Kier molecular flexibility index (Phi) is 5.99. The van der Waals surface area contributed by atoms with E-state index < -0.39 is 0 Å². The number of aromatic nitrogens is 1. The Morgan fingerprint density at radius 2 is 1.96 bits per heavy atom. The van der Waals surface area contributed by atoms with Crippen molar-refractivity contribution in [2.75, 3.05) is 13.2 Å². The first-order chi connectivity index (χ1) is 11.0. The molecule has 0 spiro atoms. The van der Waals surface area contributed by atoms with Crippen molar-refractivity contribution in [1.29, 1.82) is 0 Å². The summed E-state index contributed by atoms with van der Waals surface area (Å²) in [6.07, 6.45) is 0.702. The fourth-order valence-electron chi connectivity index (χ4n) is 2.72. The number of aliphatic hydroxyl groups excluding tert-OH is 1. The van der Waals surface area contributed by atoms with Crippen LogP contribution in [0.3, 0.4) is 0 Å². The van der Waals surface area contributed by atoms with Gasteiger partial charge < -0.3 is 15.0 Å². The van der Waals surface area contributed by atoms with Crippen LogP contribution >= 0.6 is 0 Å². The van der Waals surface area contributed by atoms with E-state index in [1.54, 1.807) is 0 Å². The van der Waals surface area contributed by atoms with Crippen molar-refractivity contribution < 1.29 is 9.90 Å². The Bertz CT molecular complexity index is 647. The van der Waals surface area contributed by atoms with Crippen LogP contribution in [0.2, 0.25) is 0 Å². The quantitative estimate of drug-likeness (QED) is 0.825. The summed E-state index contributed by atoms with van der Waals surface area (Å²) in [4.78, 5) is 12.4. The van der Waals surface area contributed by atoms with Crippen LogP contribution in [0.15, 0.2) is 36.4 Å². The second-order valence-corrected chi connectivity index (χ2v) is 6.18. The van der Waals surface area contributed by atoms with Crippen molar-refractivity contribution in [2.45, 2.75) is 33.7 Å². The highest BCUT2D eigenvalue weighted by Crippen LogP contribution is 2.17. The molecule has 1 aromatic heterocycles. The summed E-state index contributed by atoms with van der Waals surface area (Å²) < 4.78 is 2.17.